The van der Waals surface area contributed by atoms with Gasteiger partial charge in [-0.1, -0.05) is 11.8 Å². The van der Waals surface area contributed by atoms with Crippen molar-refractivity contribution >= 4 is 17.7 Å². The molecule has 94 valence electrons. The molecule has 1 aliphatic carbocycles. The summed E-state index contributed by atoms with van der Waals surface area (Å²) in [5, 5.41) is 12.0. The monoisotopic (exact) mass is 254 g/mol. The molecule has 1 fully saturated rings. The topological polar surface area (TPSA) is 59.8 Å². The molecule has 0 spiro atoms. The van der Waals surface area contributed by atoms with Gasteiger partial charge in [0.05, 0.1) is 5.75 Å². The molecule has 0 atom stereocenters. The van der Waals surface area contributed by atoms with E-state index < -0.39 is 0 Å². The Kier molecular flexibility index (Phi) is 3.71. The van der Waals surface area contributed by atoms with E-state index in [9.17, 15) is 4.79 Å². The van der Waals surface area contributed by atoms with Crippen LogP contribution in [0.1, 0.15) is 38.4 Å². The largest absolute Gasteiger partial charge is 0.353 e. The highest BCUT2D eigenvalue weighted by Gasteiger charge is 2.29. The van der Waals surface area contributed by atoms with Gasteiger partial charge in [-0.05, 0) is 26.7 Å². The lowest BCUT2D eigenvalue weighted by atomic mass is 10.4. The molecule has 1 saturated carbocycles. The van der Waals surface area contributed by atoms with E-state index in [4.69, 9.17) is 0 Å². The molecule has 0 bridgehead atoms. The normalized spacial score (nSPS) is 15.3. The Hall–Kier alpha value is -1.04. The minimum absolute atomic E-state index is 0.0426. The van der Waals surface area contributed by atoms with Gasteiger partial charge in [0.25, 0.3) is 0 Å². The van der Waals surface area contributed by atoms with Crippen LogP contribution in [0.15, 0.2) is 5.16 Å². The fraction of sp³-hybridized carbons (Fsp3) is 0.727. The van der Waals surface area contributed by atoms with Crippen LogP contribution in [-0.2, 0) is 11.8 Å². The van der Waals surface area contributed by atoms with Gasteiger partial charge in [-0.2, -0.15) is 0 Å². The second-order valence-corrected chi connectivity index (χ2v) is 5.63. The van der Waals surface area contributed by atoms with Crippen molar-refractivity contribution in [3.8, 4) is 0 Å². The number of hydrogen-bond donors (Lipinski definition) is 1. The molecule has 0 aromatic carbocycles. The van der Waals surface area contributed by atoms with Crippen molar-refractivity contribution in [2.24, 2.45) is 7.05 Å². The first-order chi connectivity index (χ1) is 8.08. The molecule has 1 heterocycles. The smallest absolute Gasteiger partial charge is 0.230 e. The van der Waals surface area contributed by atoms with Gasteiger partial charge in [0.15, 0.2) is 5.16 Å². The van der Waals surface area contributed by atoms with E-state index in [2.05, 4.69) is 15.5 Å². The summed E-state index contributed by atoms with van der Waals surface area (Å²) in [7, 11) is 1.97. The standard InChI is InChI=1S/C11H18N4OS/c1-7(2)12-9(16)6-17-11-14-13-10(15(11)3)8-4-5-8/h7-8H,4-6H2,1-3H3,(H,12,16). The van der Waals surface area contributed by atoms with E-state index >= 15 is 0 Å². The van der Waals surface area contributed by atoms with Gasteiger partial charge in [-0.15, -0.1) is 10.2 Å². The predicted molar refractivity (Wildman–Crippen MR) is 67.0 cm³/mol. The van der Waals surface area contributed by atoms with Crippen molar-refractivity contribution in [1.82, 2.24) is 20.1 Å². The molecule has 1 aromatic heterocycles. The van der Waals surface area contributed by atoms with Crippen LogP contribution >= 0.6 is 11.8 Å². The van der Waals surface area contributed by atoms with Crippen LogP contribution in [0.5, 0.6) is 0 Å². The second kappa shape index (κ2) is 5.08. The van der Waals surface area contributed by atoms with Gasteiger partial charge < -0.3 is 9.88 Å². The maximum absolute atomic E-state index is 11.5. The highest BCUT2D eigenvalue weighted by molar-refractivity contribution is 7.99. The summed E-state index contributed by atoms with van der Waals surface area (Å²) in [5.74, 6) is 2.08. The predicted octanol–water partition coefficient (Wildman–Crippen LogP) is 1.31. The third-order valence-electron chi connectivity index (χ3n) is 2.59. The summed E-state index contributed by atoms with van der Waals surface area (Å²) in [6.07, 6.45) is 2.43. The van der Waals surface area contributed by atoms with E-state index in [1.807, 2.05) is 25.5 Å². The number of carbonyl (C=O) groups excluding carboxylic acids is 1. The van der Waals surface area contributed by atoms with Crippen LogP contribution in [0.4, 0.5) is 0 Å². The first kappa shape index (κ1) is 12.4. The molecule has 1 aliphatic rings. The fourth-order valence-electron chi connectivity index (χ4n) is 1.64. The van der Waals surface area contributed by atoms with E-state index in [0.717, 1.165) is 11.0 Å². The highest BCUT2D eigenvalue weighted by Crippen LogP contribution is 2.39. The zero-order valence-electron chi connectivity index (χ0n) is 10.4. The highest BCUT2D eigenvalue weighted by atomic mass is 32.2. The van der Waals surface area contributed by atoms with E-state index in [1.165, 1.54) is 24.6 Å². The summed E-state index contributed by atoms with van der Waals surface area (Å²) in [6, 6.07) is 0.185. The third-order valence-corrected chi connectivity index (χ3v) is 3.61. The molecule has 1 aromatic rings. The van der Waals surface area contributed by atoms with Crippen LogP contribution in [0.3, 0.4) is 0 Å². The summed E-state index contributed by atoms with van der Waals surface area (Å²) < 4.78 is 2.00. The average Bonchev–Trinajstić information content (AvgIpc) is 3.00. The number of nitrogens with zero attached hydrogens (tertiary/aromatic N) is 3. The van der Waals surface area contributed by atoms with Crippen LogP contribution < -0.4 is 5.32 Å². The Morgan fingerprint density at radius 2 is 2.24 bits per heavy atom. The molecule has 0 radical (unpaired) electrons. The number of thioether (sulfide) groups is 1. The minimum Gasteiger partial charge on any atom is -0.353 e. The second-order valence-electron chi connectivity index (χ2n) is 4.68. The number of rotatable bonds is 5. The number of aromatic nitrogens is 3. The van der Waals surface area contributed by atoms with Crippen molar-refractivity contribution in [2.45, 2.75) is 43.8 Å². The molecule has 2 rings (SSSR count). The van der Waals surface area contributed by atoms with Gasteiger partial charge in [-0.25, -0.2) is 0 Å². The molecule has 0 saturated heterocycles. The lowest BCUT2D eigenvalue weighted by Gasteiger charge is -2.07. The number of amides is 1. The third kappa shape index (κ3) is 3.21. The Morgan fingerprint density at radius 3 is 2.82 bits per heavy atom. The van der Waals surface area contributed by atoms with Crippen LogP contribution in [0.2, 0.25) is 0 Å². The van der Waals surface area contributed by atoms with Crippen LogP contribution in [-0.4, -0.2) is 32.5 Å². The van der Waals surface area contributed by atoms with Gasteiger partial charge in [-0.3, -0.25) is 4.79 Å². The van der Waals surface area contributed by atoms with Gasteiger partial charge in [0, 0.05) is 19.0 Å². The Morgan fingerprint density at radius 1 is 1.53 bits per heavy atom. The average molecular weight is 254 g/mol. The van der Waals surface area contributed by atoms with Crippen molar-refractivity contribution in [3.63, 3.8) is 0 Å². The molecule has 17 heavy (non-hydrogen) atoms. The Balaban J connectivity index is 1.88. The van der Waals surface area contributed by atoms with Gasteiger partial charge >= 0.3 is 0 Å². The molecule has 0 aliphatic heterocycles. The summed E-state index contributed by atoms with van der Waals surface area (Å²) in [6.45, 7) is 3.91. The lowest BCUT2D eigenvalue weighted by molar-refractivity contribution is -0.119. The quantitative estimate of drug-likeness (QED) is 0.805. The van der Waals surface area contributed by atoms with Crippen molar-refractivity contribution in [3.05, 3.63) is 5.82 Å². The van der Waals surface area contributed by atoms with Gasteiger partial charge in [0.2, 0.25) is 5.91 Å². The van der Waals surface area contributed by atoms with Crippen molar-refractivity contribution < 1.29 is 4.79 Å². The van der Waals surface area contributed by atoms with Crippen molar-refractivity contribution in [2.75, 3.05) is 5.75 Å². The molecular formula is C11H18N4OS. The van der Waals surface area contributed by atoms with Crippen LogP contribution in [0.25, 0.3) is 0 Å². The number of nitrogens with one attached hydrogen (secondary N) is 1. The van der Waals surface area contributed by atoms with E-state index in [1.54, 1.807) is 0 Å². The molecule has 1 amide bonds. The lowest BCUT2D eigenvalue weighted by Crippen LogP contribution is -2.31. The zero-order chi connectivity index (χ0) is 12.4. The Labute approximate surface area is 105 Å². The Bertz CT molecular complexity index is 412. The first-order valence-electron chi connectivity index (χ1n) is 5.89. The van der Waals surface area contributed by atoms with E-state index in [-0.39, 0.29) is 11.9 Å². The fourth-order valence-corrected chi connectivity index (χ4v) is 2.37. The molecule has 1 N–H and O–H groups in total. The summed E-state index contributed by atoms with van der Waals surface area (Å²) in [5.41, 5.74) is 0. The number of carbonyl (C=O) groups is 1. The summed E-state index contributed by atoms with van der Waals surface area (Å²) in [4.78, 5) is 11.5. The van der Waals surface area contributed by atoms with Crippen molar-refractivity contribution in [1.29, 1.82) is 0 Å². The maximum atomic E-state index is 11.5. The minimum atomic E-state index is 0.0426. The van der Waals surface area contributed by atoms with Crippen LogP contribution in [0, 0.1) is 0 Å². The van der Waals surface area contributed by atoms with Gasteiger partial charge in [0.1, 0.15) is 5.82 Å². The molecule has 5 nitrogen and oxygen atoms in total. The maximum Gasteiger partial charge on any atom is 0.230 e. The molecule has 0 unspecified atom stereocenters. The number of hydrogen-bond acceptors (Lipinski definition) is 4. The molecular weight excluding hydrogens is 236 g/mol. The summed E-state index contributed by atoms with van der Waals surface area (Å²) >= 11 is 1.44. The molecule has 6 heteroatoms. The SMILES string of the molecule is CC(C)NC(=O)CSc1nnc(C2CC2)n1C. The van der Waals surface area contributed by atoms with E-state index in [0.29, 0.717) is 11.7 Å². The zero-order valence-corrected chi connectivity index (χ0v) is 11.3. The first-order valence-corrected chi connectivity index (χ1v) is 6.88.